The Kier molecular flexibility index (Phi) is 23.4. The van der Waals surface area contributed by atoms with Gasteiger partial charge in [0, 0.05) is 65.4 Å². The predicted molar refractivity (Wildman–Crippen MR) is 47.0 cm³/mol. The van der Waals surface area contributed by atoms with Crippen molar-refractivity contribution in [2.45, 2.75) is 0 Å². The molecule has 2 amide bonds. The van der Waals surface area contributed by atoms with Crippen molar-refractivity contribution in [3.8, 4) is 0 Å². The van der Waals surface area contributed by atoms with Gasteiger partial charge in [-0.15, -0.1) is 0 Å². The van der Waals surface area contributed by atoms with E-state index in [1.807, 2.05) is 6.07 Å². The van der Waals surface area contributed by atoms with Crippen molar-refractivity contribution < 1.29 is 81.2 Å². The van der Waals surface area contributed by atoms with Crippen LogP contribution in [0.3, 0.4) is 0 Å². The number of urea groups is 1. The van der Waals surface area contributed by atoms with E-state index in [9.17, 15) is 4.79 Å². The fraction of sp³-hybridized carbons (Fsp3) is 0. The Balaban J connectivity index is -0.000000125. The molecule has 14 heavy (non-hydrogen) atoms. The standard InChI is InChI=1S/C7H8N2O.2H2O.2Y/c8-7(10)9-6-4-2-1-3-5-6;;;;/h1-5H,(H3,8,9,10);2*1H2;;/p-1. The minimum Gasteiger partial charge on any atom is -0.447 e. The van der Waals surface area contributed by atoms with Gasteiger partial charge in [-0.1, -0.05) is 30.3 Å². The van der Waals surface area contributed by atoms with E-state index in [-0.39, 0.29) is 76.4 Å². The Morgan fingerprint density at radius 1 is 1.07 bits per heavy atom. The van der Waals surface area contributed by atoms with Gasteiger partial charge in [-0.3, -0.25) is 4.79 Å². The summed E-state index contributed by atoms with van der Waals surface area (Å²) in [5.41, 5.74) is 7.22. The van der Waals surface area contributed by atoms with E-state index in [1.165, 1.54) is 0 Å². The van der Waals surface area contributed by atoms with E-state index < -0.39 is 6.03 Å². The summed E-state index contributed by atoms with van der Waals surface area (Å²) >= 11 is 0. The molecule has 0 bridgehead atoms. The van der Waals surface area contributed by atoms with Crippen LogP contribution in [0.4, 0.5) is 10.5 Å². The van der Waals surface area contributed by atoms with Crippen LogP contribution in [0.2, 0.25) is 0 Å². The maximum absolute atomic E-state index is 10.2. The van der Waals surface area contributed by atoms with Crippen LogP contribution in [-0.2, 0) is 65.4 Å². The van der Waals surface area contributed by atoms with Gasteiger partial charge in [0.25, 0.3) is 0 Å². The number of amides is 2. The van der Waals surface area contributed by atoms with E-state index in [4.69, 9.17) is 5.73 Å². The third kappa shape index (κ3) is 10.7. The van der Waals surface area contributed by atoms with E-state index in [1.54, 1.807) is 24.3 Å². The Morgan fingerprint density at radius 2 is 1.50 bits per heavy atom. The first-order chi connectivity index (χ1) is 4.79. The summed E-state index contributed by atoms with van der Waals surface area (Å²) in [5, 5.41) is 2.33. The molecule has 74 valence electrons. The zero-order valence-electron chi connectivity index (χ0n) is 7.45. The van der Waals surface area contributed by atoms with Crippen LogP contribution in [-0.4, -0.2) is 17.0 Å². The molecule has 0 fully saturated rings. The first-order valence-corrected chi connectivity index (χ1v) is 2.86. The van der Waals surface area contributed by atoms with Crippen LogP contribution in [0.25, 0.3) is 5.73 Å². The topological polar surface area (TPSA) is 116 Å². The normalized spacial score (nSPS) is 6.29. The first-order valence-electron chi connectivity index (χ1n) is 2.86. The third-order valence-corrected chi connectivity index (χ3v) is 1.03. The summed E-state index contributed by atoms with van der Waals surface area (Å²) in [5.74, 6) is 0. The van der Waals surface area contributed by atoms with Crippen molar-refractivity contribution in [1.82, 2.24) is 0 Å². The zero-order chi connectivity index (χ0) is 7.40. The van der Waals surface area contributed by atoms with Gasteiger partial charge in [-0.2, -0.15) is 0 Å². The first kappa shape index (κ1) is 24.0. The molecule has 0 aliphatic carbocycles. The SMILES string of the molecule is O.O.[NH-]C(=O)Nc1ccccc1.[Y].[Y]. The summed E-state index contributed by atoms with van der Waals surface area (Å²) < 4.78 is 0. The van der Waals surface area contributed by atoms with Crippen molar-refractivity contribution in [2.24, 2.45) is 0 Å². The summed E-state index contributed by atoms with van der Waals surface area (Å²) in [6.45, 7) is 0. The Labute approximate surface area is 133 Å². The fourth-order valence-corrected chi connectivity index (χ4v) is 0.653. The molecule has 0 spiro atoms. The predicted octanol–water partition coefficient (Wildman–Crippen LogP) is 0.616. The number of para-hydroxylation sites is 1. The van der Waals surface area contributed by atoms with Crippen molar-refractivity contribution in [3.63, 3.8) is 0 Å². The molecule has 1 aromatic rings. The number of benzene rings is 1. The molecule has 2 radical (unpaired) electrons. The van der Waals surface area contributed by atoms with Crippen molar-refractivity contribution in [1.29, 1.82) is 0 Å². The Hall–Kier alpha value is 0.618. The van der Waals surface area contributed by atoms with E-state index in [0.29, 0.717) is 5.69 Å². The van der Waals surface area contributed by atoms with Gasteiger partial charge in [-0.25, -0.2) is 0 Å². The van der Waals surface area contributed by atoms with Crippen LogP contribution < -0.4 is 5.32 Å². The van der Waals surface area contributed by atoms with E-state index >= 15 is 0 Å². The number of anilines is 1. The second-order valence-corrected chi connectivity index (χ2v) is 1.82. The van der Waals surface area contributed by atoms with E-state index in [0.717, 1.165) is 0 Å². The average molecular weight is 349 g/mol. The molecule has 0 unspecified atom stereocenters. The summed E-state index contributed by atoms with van der Waals surface area (Å²) in [7, 11) is 0. The van der Waals surface area contributed by atoms with Gasteiger partial charge in [0.15, 0.2) is 6.03 Å². The second-order valence-electron chi connectivity index (χ2n) is 1.82. The van der Waals surface area contributed by atoms with Crippen molar-refractivity contribution >= 4 is 11.7 Å². The number of nitrogens with one attached hydrogen (secondary N) is 2. The van der Waals surface area contributed by atoms with Crippen LogP contribution in [0.1, 0.15) is 0 Å². The Morgan fingerprint density at radius 3 is 1.86 bits per heavy atom. The molecule has 0 aliphatic heterocycles. The largest absolute Gasteiger partial charge is 0.447 e. The quantitative estimate of drug-likeness (QED) is 0.786. The number of hydrogen-bond donors (Lipinski definition) is 1. The summed E-state index contributed by atoms with van der Waals surface area (Å²) in [4.78, 5) is 10.2. The van der Waals surface area contributed by atoms with Gasteiger partial charge in [0.1, 0.15) is 0 Å². The maximum Gasteiger partial charge on any atom is 0.153 e. The smallest absolute Gasteiger partial charge is 0.153 e. The van der Waals surface area contributed by atoms with Crippen LogP contribution in [0, 0.1) is 0 Å². The molecule has 0 saturated heterocycles. The number of rotatable bonds is 1. The molecule has 0 aromatic heterocycles. The number of carbonyl (C=O) groups is 1. The fourth-order valence-electron chi connectivity index (χ4n) is 0.653. The number of hydrogen-bond acceptors (Lipinski definition) is 1. The van der Waals surface area contributed by atoms with Gasteiger partial charge < -0.3 is 22.0 Å². The van der Waals surface area contributed by atoms with E-state index in [2.05, 4.69) is 5.32 Å². The molecule has 0 atom stereocenters. The minimum absolute atomic E-state index is 0. The minimum atomic E-state index is -0.786. The van der Waals surface area contributed by atoms with Gasteiger partial charge in [-0.05, 0) is 5.69 Å². The molecule has 0 aliphatic rings. The van der Waals surface area contributed by atoms with Crippen molar-refractivity contribution in [2.75, 3.05) is 5.32 Å². The van der Waals surface area contributed by atoms with Crippen LogP contribution >= 0.6 is 0 Å². The summed E-state index contributed by atoms with van der Waals surface area (Å²) in [6.07, 6.45) is 0. The molecular formula is C7H11N2O3Y2-. The van der Waals surface area contributed by atoms with Crippen LogP contribution in [0.5, 0.6) is 0 Å². The Bertz CT molecular complexity index is 234. The van der Waals surface area contributed by atoms with Gasteiger partial charge >= 0.3 is 0 Å². The molecule has 1 aromatic carbocycles. The zero-order valence-corrected chi connectivity index (χ0v) is 13.1. The molecular weight excluding hydrogens is 338 g/mol. The van der Waals surface area contributed by atoms with Gasteiger partial charge in [0.2, 0.25) is 0 Å². The summed E-state index contributed by atoms with van der Waals surface area (Å²) in [6, 6.07) is 8.11. The molecule has 5 nitrogen and oxygen atoms in total. The monoisotopic (exact) mass is 349 g/mol. The molecule has 7 heteroatoms. The number of carbonyl (C=O) groups excluding carboxylic acids is 1. The molecule has 0 heterocycles. The molecule has 0 saturated carbocycles. The molecule has 6 N–H and O–H groups in total. The van der Waals surface area contributed by atoms with Gasteiger partial charge in [0.05, 0.1) is 0 Å². The third-order valence-electron chi connectivity index (χ3n) is 1.03. The van der Waals surface area contributed by atoms with Crippen LogP contribution in [0.15, 0.2) is 30.3 Å². The average Bonchev–Trinajstić information content (AvgIpc) is 1.88. The molecule has 1 rings (SSSR count). The second kappa shape index (κ2) is 13.6. The maximum atomic E-state index is 10.2. The van der Waals surface area contributed by atoms with Crippen molar-refractivity contribution in [3.05, 3.63) is 36.1 Å².